The van der Waals surface area contributed by atoms with E-state index in [1.165, 1.54) is 12.1 Å². The molecule has 2 rings (SSSR count). The van der Waals surface area contributed by atoms with Crippen LogP contribution in [-0.2, 0) is 6.18 Å². The van der Waals surface area contributed by atoms with Crippen molar-refractivity contribution in [2.24, 2.45) is 5.84 Å². The number of nitrogens with two attached hydrogens (primary N) is 1. The van der Waals surface area contributed by atoms with Gasteiger partial charge >= 0.3 is 6.18 Å². The molecule has 0 radical (unpaired) electrons. The number of alkyl halides is 3. The second-order valence-corrected chi connectivity index (χ2v) is 3.80. The smallest absolute Gasteiger partial charge is 0.324 e. The SMILES string of the molecule is Cl.NNc1cccc(-c2ccc(C(F)(F)F)cc2)c1. The number of halogens is 4. The largest absolute Gasteiger partial charge is 0.416 e. The fraction of sp³-hybridized carbons (Fsp3) is 0.0769. The molecular weight excluding hydrogens is 277 g/mol. The van der Waals surface area contributed by atoms with Gasteiger partial charge in [0, 0.05) is 5.69 Å². The molecule has 3 N–H and O–H groups in total. The molecule has 0 saturated heterocycles. The zero-order chi connectivity index (χ0) is 13.2. The van der Waals surface area contributed by atoms with Crippen LogP contribution in [0.1, 0.15) is 5.56 Å². The van der Waals surface area contributed by atoms with Gasteiger partial charge in [-0.05, 0) is 35.4 Å². The molecule has 2 aromatic carbocycles. The predicted molar refractivity (Wildman–Crippen MR) is 71.9 cm³/mol. The van der Waals surface area contributed by atoms with E-state index in [4.69, 9.17) is 5.84 Å². The van der Waals surface area contributed by atoms with E-state index in [1.807, 2.05) is 6.07 Å². The first-order chi connectivity index (χ1) is 8.50. The van der Waals surface area contributed by atoms with Gasteiger partial charge in [0.15, 0.2) is 0 Å². The first-order valence-electron chi connectivity index (χ1n) is 5.25. The van der Waals surface area contributed by atoms with Crippen LogP contribution in [0.5, 0.6) is 0 Å². The lowest BCUT2D eigenvalue weighted by atomic mass is 10.0. The third-order valence-electron chi connectivity index (χ3n) is 2.57. The highest BCUT2D eigenvalue weighted by Crippen LogP contribution is 2.31. The first kappa shape index (κ1) is 15.3. The van der Waals surface area contributed by atoms with Gasteiger partial charge in [0.25, 0.3) is 0 Å². The van der Waals surface area contributed by atoms with E-state index < -0.39 is 11.7 Å². The van der Waals surface area contributed by atoms with E-state index in [-0.39, 0.29) is 12.4 Å². The minimum Gasteiger partial charge on any atom is -0.324 e. The summed E-state index contributed by atoms with van der Waals surface area (Å²) in [5, 5.41) is 0. The summed E-state index contributed by atoms with van der Waals surface area (Å²) in [5.41, 5.74) is 4.05. The molecule has 0 bridgehead atoms. The number of rotatable bonds is 2. The first-order valence-corrected chi connectivity index (χ1v) is 5.25. The molecule has 0 aliphatic rings. The van der Waals surface area contributed by atoms with Crippen LogP contribution in [0.15, 0.2) is 48.5 Å². The molecule has 0 heterocycles. The van der Waals surface area contributed by atoms with Crippen molar-refractivity contribution in [2.75, 3.05) is 5.43 Å². The summed E-state index contributed by atoms with van der Waals surface area (Å²) >= 11 is 0. The van der Waals surface area contributed by atoms with Gasteiger partial charge in [0.1, 0.15) is 0 Å². The quantitative estimate of drug-likeness (QED) is 0.645. The lowest BCUT2D eigenvalue weighted by Gasteiger charge is -2.08. The zero-order valence-corrected chi connectivity index (χ0v) is 10.6. The van der Waals surface area contributed by atoms with Crippen molar-refractivity contribution >= 4 is 18.1 Å². The molecule has 0 fully saturated rings. The fourth-order valence-corrected chi connectivity index (χ4v) is 1.64. The number of nitrogens with one attached hydrogen (secondary N) is 1. The van der Waals surface area contributed by atoms with Gasteiger partial charge in [0.05, 0.1) is 5.56 Å². The Morgan fingerprint density at radius 2 is 1.53 bits per heavy atom. The molecule has 0 atom stereocenters. The van der Waals surface area contributed by atoms with Crippen LogP contribution in [0.2, 0.25) is 0 Å². The highest BCUT2D eigenvalue weighted by Gasteiger charge is 2.29. The maximum atomic E-state index is 12.4. The Bertz CT molecular complexity index is 538. The molecule has 2 nitrogen and oxygen atoms in total. The van der Waals surface area contributed by atoms with Gasteiger partial charge in [-0.3, -0.25) is 5.84 Å². The van der Waals surface area contributed by atoms with Crippen LogP contribution in [0.3, 0.4) is 0 Å². The Morgan fingerprint density at radius 3 is 2.05 bits per heavy atom. The van der Waals surface area contributed by atoms with E-state index in [2.05, 4.69) is 5.43 Å². The van der Waals surface area contributed by atoms with Crippen molar-refractivity contribution in [1.29, 1.82) is 0 Å². The fourth-order valence-electron chi connectivity index (χ4n) is 1.64. The number of hydrogen-bond acceptors (Lipinski definition) is 2. The third kappa shape index (κ3) is 3.62. The zero-order valence-electron chi connectivity index (χ0n) is 9.74. The van der Waals surface area contributed by atoms with E-state index in [9.17, 15) is 13.2 Å². The average Bonchev–Trinajstić information content (AvgIpc) is 2.38. The molecule has 0 aliphatic heterocycles. The van der Waals surface area contributed by atoms with Crippen LogP contribution in [0, 0.1) is 0 Å². The third-order valence-corrected chi connectivity index (χ3v) is 2.57. The van der Waals surface area contributed by atoms with Gasteiger partial charge < -0.3 is 5.43 Å². The van der Waals surface area contributed by atoms with Crippen molar-refractivity contribution < 1.29 is 13.2 Å². The molecule has 0 aromatic heterocycles. The maximum Gasteiger partial charge on any atom is 0.416 e. The molecule has 102 valence electrons. The van der Waals surface area contributed by atoms with Crippen molar-refractivity contribution in [2.45, 2.75) is 6.18 Å². The molecule has 19 heavy (non-hydrogen) atoms. The van der Waals surface area contributed by atoms with E-state index in [0.29, 0.717) is 11.3 Å². The lowest BCUT2D eigenvalue weighted by molar-refractivity contribution is -0.137. The van der Waals surface area contributed by atoms with Crippen molar-refractivity contribution in [3.05, 3.63) is 54.1 Å². The number of hydrogen-bond donors (Lipinski definition) is 2. The summed E-state index contributed by atoms with van der Waals surface area (Å²) < 4.78 is 37.2. The Morgan fingerprint density at radius 1 is 0.895 bits per heavy atom. The monoisotopic (exact) mass is 288 g/mol. The van der Waals surface area contributed by atoms with Crippen LogP contribution >= 0.6 is 12.4 Å². The Hall–Kier alpha value is -1.72. The summed E-state index contributed by atoms with van der Waals surface area (Å²) in [6, 6.07) is 12.1. The van der Waals surface area contributed by atoms with Gasteiger partial charge in [-0.1, -0.05) is 24.3 Å². The number of nitrogen functional groups attached to an aromatic ring is 1. The van der Waals surface area contributed by atoms with Crippen LogP contribution < -0.4 is 11.3 Å². The summed E-state index contributed by atoms with van der Waals surface area (Å²) in [6.45, 7) is 0. The van der Waals surface area contributed by atoms with Gasteiger partial charge in [0.2, 0.25) is 0 Å². The Labute approximate surface area is 114 Å². The summed E-state index contributed by atoms with van der Waals surface area (Å²) in [5.74, 6) is 5.28. The number of hydrazine groups is 1. The summed E-state index contributed by atoms with van der Waals surface area (Å²) in [6.07, 6.45) is -4.31. The maximum absolute atomic E-state index is 12.4. The molecule has 6 heteroatoms. The molecular formula is C13H12ClF3N2. The van der Waals surface area contributed by atoms with Crippen molar-refractivity contribution in [1.82, 2.24) is 0 Å². The minimum absolute atomic E-state index is 0. The van der Waals surface area contributed by atoms with Crippen molar-refractivity contribution in [3.8, 4) is 11.1 Å². The molecule has 0 saturated carbocycles. The van der Waals surface area contributed by atoms with Gasteiger partial charge in [-0.2, -0.15) is 13.2 Å². The second kappa shape index (κ2) is 5.95. The van der Waals surface area contributed by atoms with E-state index in [1.54, 1.807) is 18.2 Å². The Kier molecular flexibility index (Phi) is 4.80. The molecule has 2 aromatic rings. The average molecular weight is 289 g/mol. The molecule has 0 unspecified atom stereocenters. The van der Waals surface area contributed by atoms with Gasteiger partial charge in [-0.25, -0.2) is 0 Å². The summed E-state index contributed by atoms with van der Waals surface area (Å²) in [7, 11) is 0. The highest BCUT2D eigenvalue weighted by atomic mass is 35.5. The second-order valence-electron chi connectivity index (χ2n) is 3.80. The van der Waals surface area contributed by atoms with Crippen molar-refractivity contribution in [3.63, 3.8) is 0 Å². The normalized spacial score (nSPS) is 10.7. The highest BCUT2D eigenvalue weighted by molar-refractivity contribution is 5.85. The van der Waals surface area contributed by atoms with Crippen LogP contribution in [0.4, 0.5) is 18.9 Å². The van der Waals surface area contributed by atoms with Crippen LogP contribution in [-0.4, -0.2) is 0 Å². The lowest BCUT2D eigenvalue weighted by Crippen LogP contribution is -2.06. The predicted octanol–water partition coefficient (Wildman–Crippen LogP) is 4.08. The Balaban J connectivity index is 0.00000180. The number of benzene rings is 2. The van der Waals surface area contributed by atoms with E-state index in [0.717, 1.165) is 17.7 Å². The molecule has 0 amide bonds. The minimum atomic E-state index is -4.31. The molecule has 0 aliphatic carbocycles. The molecule has 0 spiro atoms. The standard InChI is InChI=1S/C13H11F3N2.ClH/c14-13(15,16)11-6-4-9(5-7-11)10-2-1-3-12(8-10)18-17;/h1-8,18H,17H2;1H. The van der Waals surface area contributed by atoms with Gasteiger partial charge in [-0.15, -0.1) is 12.4 Å². The number of anilines is 1. The van der Waals surface area contributed by atoms with E-state index >= 15 is 0 Å². The topological polar surface area (TPSA) is 38.0 Å². The van der Waals surface area contributed by atoms with Crippen LogP contribution in [0.25, 0.3) is 11.1 Å². The summed E-state index contributed by atoms with van der Waals surface area (Å²) in [4.78, 5) is 0.